The Balaban J connectivity index is 1.42. The lowest BCUT2D eigenvalue weighted by Gasteiger charge is -2.19. The quantitative estimate of drug-likeness (QED) is 0.637. The van der Waals surface area contributed by atoms with E-state index in [1.165, 1.54) is 6.08 Å². The average molecular weight is 425 g/mol. The molecule has 1 fully saturated rings. The van der Waals surface area contributed by atoms with Crippen molar-refractivity contribution in [1.82, 2.24) is 14.0 Å². The molecule has 0 bridgehead atoms. The van der Waals surface area contributed by atoms with Crippen LogP contribution < -0.4 is 5.43 Å². The van der Waals surface area contributed by atoms with Gasteiger partial charge in [0, 0.05) is 19.2 Å². The number of sulfonamides is 1. The SMILES string of the molecule is O=C(/C=C/c1ccc(S(=O)(=O)N2CCCCCC2)cc1)Nn1cnc2ccccc21. The molecule has 0 atom stereocenters. The number of amides is 1. The van der Waals surface area contributed by atoms with E-state index in [4.69, 9.17) is 0 Å². The van der Waals surface area contributed by atoms with Gasteiger partial charge in [0.2, 0.25) is 10.0 Å². The molecule has 156 valence electrons. The summed E-state index contributed by atoms with van der Waals surface area (Å²) in [6.45, 7) is 1.15. The predicted octanol–water partition coefficient (Wildman–Crippen LogP) is 3.38. The van der Waals surface area contributed by atoms with Gasteiger partial charge in [-0.1, -0.05) is 37.1 Å². The van der Waals surface area contributed by atoms with Gasteiger partial charge in [0.05, 0.1) is 15.9 Å². The van der Waals surface area contributed by atoms with Crippen LogP contribution in [0.15, 0.2) is 65.8 Å². The zero-order valence-electron chi connectivity index (χ0n) is 16.6. The van der Waals surface area contributed by atoms with Crippen LogP contribution in [0.3, 0.4) is 0 Å². The number of carbonyl (C=O) groups is 1. The summed E-state index contributed by atoms with van der Waals surface area (Å²) in [6.07, 6.45) is 8.57. The highest BCUT2D eigenvalue weighted by Crippen LogP contribution is 2.21. The lowest BCUT2D eigenvalue weighted by molar-refractivity contribution is -0.112. The molecule has 0 radical (unpaired) electrons. The largest absolute Gasteiger partial charge is 0.268 e. The molecule has 30 heavy (non-hydrogen) atoms. The Morgan fingerprint density at radius 2 is 1.67 bits per heavy atom. The Morgan fingerprint density at radius 3 is 2.40 bits per heavy atom. The Kier molecular flexibility index (Phi) is 5.96. The average Bonchev–Trinajstić information content (AvgIpc) is 2.97. The maximum atomic E-state index is 12.8. The van der Waals surface area contributed by atoms with Crippen molar-refractivity contribution < 1.29 is 13.2 Å². The molecule has 0 saturated carbocycles. The number of nitrogens with one attached hydrogen (secondary N) is 1. The van der Waals surface area contributed by atoms with E-state index in [1.807, 2.05) is 24.3 Å². The van der Waals surface area contributed by atoms with Gasteiger partial charge in [-0.25, -0.2) is 18.1 Å². The summed E-state index contributed by atoms with van der Waals surface area (Å²) >= 11 is 0. The molecule has 1 saturated heterocycles. The molecule has 0 unspecified atom stereocenters. The third-order valence-electron chi connectivity index (χ3n) is 5.19. The number of rotatable bonds is 5. The minimum absolute atomic E-state index is 0.288. The predicted molar refractivity (Wildman–Crippen MR) is 117 cm³/mol. The monoisotopic (exact) mass is 424 g/mol. The van der Waals surface area contributed by atoms with Gasteiger partial charge < -0.3 is 0 Å². The van der Waals surface area contributed by atoms with E-state index >= 15 is 0 Å². The summed E-state index contributed by atoms with van der Waals surface area (Å²) < 4.78 is 28.8. The highest BCUT2D eigenvalue weighted by Gasteiger charge is 2.24. The van der Waals surface area contributed by atoms with Crippen molar-refractivity contribution in [2.24, 2.45) is 0 Å². The van der Waals surface area contributed by atoms with Gasteiger partial charge in [-0.15, -0.1) is 0 Å². The number of carbonyl (C=O) groups excluding carboxylic acids is 1. The number of aromatic nitrogens is 2. The van der Waals surface area contributed by atoms with Crippen molar-refractivity contribution >= 4 is 33.0 Å². The molecule has 2 heterocycles. The molecule has 1 amide bonds. The zero-order valence-corrected chi connectivity index (χ0v) is 17.4. The molecule has 0 spiro atoms. The van der Waals surface area contributed by atoms with E-state index < -0.39 is 10.0 Å². The molecular weight excluding hydrogens is 400 g/mol. The van der Waals surface area contributed by atoms with Gasteiger partial charge in [0.1, 0.15) is 6.33 Å². The summed E-state index contributed by atoms with van der Waals surface area (Å²) in [5, 5.41) is 0. The molecule has 2 aromatic carbocycles. The van der Waals surface area contributed by atoms with Gasteiger partial charge in [0.25, 0.3) is 5.91 Å². The van der Waals surface area contributed by atoms with Crippen LogP contribution in [0.25, 0.3) is 17.1 Å². The maximum absolute atomic E-state index is 12.8. The number of imidazole rings is 1. The molecule has 0 aliphatic carbocycles. The van der Waals surface area contributed by atoms with Gasteiger partial charge in [-0.2, -0.15) is 4.31 Å². The van der Waals surface area contributed by atoms with Crippen molar-refractivity contribution in [2.75, 3.05) is 18.5 Å². The molecule has 8 heteroatoms. The van der Waals surface area contributed by atoms with Gasteiger partial charge in [-0.3, -0.25) is 10.2 Å². The highest BCUT2D eigenvalue weighted by molar-refractivity contribution is 7.89. The molecule has 1 aliphatic heterocycles. The van der Waals surface area contributed by atoms with Gasteiger partial charge >= 0.3 is 0 Å². The first-order chi connectivity index (χ1) is 14.5. The van der Waals surface area contributed by atoms with Crippen LogP contribution in [0.5, 0.6) is 0 Å². The van der Waals surface area contributed by atoms with Crippen LogP contribution in [0, 0.1) is 0 Å². The topological polar surface area (TPSA) is 84.3 Å². The number of hydrogen-bond acceptors (Lipinski definition) is 4. The molecule has 1 N–H and O–H groups in total. The third kappa shape index (κ3) is 4.44. The number of para-hydroxylation sites is 2. The van der Waals surface area contributed by atoms with Crippen LogP contribution in [-0.2, 0) is 14.8 Å². The van der Waals surface area contributed by atoms with Crippen molar-refractivity contribution in [1.29, 1.82) is 0 Å². The second kappa shape index (κ2) is 8.81. The van der Waals surface area contributed by atoms with Crippen molar-refractivity contribution in [2.45, 2.75) is 30.6 Å². The summed E-state index contributed by atoms with van der Waals surface area (Å²) in [7, 11) is -3.47. The smallest absolute Gasteiger partial charge is 0.262 e. The van der Waals surface area contributed by atoms with Crippen molar-refractivity contribution in [3.63, 3.8) is 0 Å². The molecule has 1 aromatic heterocycles. The van der Waals surface area contributed by atoms with Crippen molar-refractivity contribution in [3.8, 4) is 0 Å². The summed E-state index contributed by atoms with van der Waals surface area (Å²) in [5.41, 5.74) is 5.09. The van der Waals surface area contributed by atoms with E-state index in [0.717, 1.165) is 42.3 Å². The zero-order chi connectivity index (χ0) is 21.0. The Labute approximate surface area is 176 Å². The number of hydrogen-bond donors (Lipinski definition) is 1. The fourth-order valence-electron chi connectivity index (χ4n) is 3.56. The summed E-state index contributed by atoms with van der Waals surface area (Å²) in [4.78, 5) is 16.8. The van der Waals surface area contributed by atoms with Gasteiger partial charge in [-0.05, 0) is 48.7 Å². The maximum Gasteiger partial charge on any atom is 0.262 e. The first-order valence-electron chi connectivity index (χ1n) is 10.1. The van der Waals surface area contributed by atoms with Crippen LogP contribution in [0.1, 0.15) is 31.2 Å². The molecule has 7 nitrogen and oxygen atoms in total. The Hall–Kier alpha value is -2.97. The molecule has 4 rings (SSSR count). The second-order valence-corrected chi connectivity index (χ2v) is 9.24. The Bertz CT molecular complexity index is 1160. The number of benzene rings is 2. The standard InChI is InChI=1S/C22H24N4O3S/c27-22(24-26-17-23-20-7-3-4-8-21(20)26)14-11-18-9-12-19(13-10-18)30(28,29)25-15-5-1-2-6-16-25/h3-4,7-14,17H,1-2,5-6,15-16H2,(H,24,27)/b14-11+. The van der Waals surface area contributed by atoms with E-state index in [9.17, 15) is 13.2 Å². The fraction of sp³-hybridized carbons (Fsp3) is 0.273. The van der Waals surface area contributed by atoms with Gasteiger partial charge in [0.15, 0.2) is 0 Å². The fourth-order valence-corrected chi connectivity index (χ4v) is 5.08. The van der Waals surface area contributed by atoms with Crippen molar-refractivity contribution in [3.05, 3.63) is 66.5 Å². The van der Waals surface area contributed by atoms with Crippen LogP contribution in [0.4, 0.5) is 0 Å². The number of nitrogens with zero attached hydrogens (tertiary/aromatic N) is 3. The summed E-state index contributed by atoms with van der Waals surface area (Å²) in [5.74, 6) is -0.306. The Morgan fingerprint density at radius 1 is 0.967 bits per heavy atom. The van der Waals surface area contributed by atoms with Crippen LogP contribution in [-0.4, -0.2) is 41.4 Å². The summed E-state index contributed by atoms with van der Waals surface area (Å²) in [6, 6.07) is 14.1. The number of fused-ring (bicyclic) bond motifs is 1. The third-order valence-corrected chi connectivity index (χ3v) is 7.11. The lowest BCUT2D eigenvalue weighted by Crippen LogP contribution is -2.31. The first kappa shape index (κ1) is 20.3. The van der Waals surface area contributed by atoms with E-state index in [-0.39, 0.29) is 10.8 Å². The van der Waals surface area contributed by atoms with Crippen LogP contribution >= 0.6 is 0 Å². The molecule has 3 aromatic rings. The molecular formula is C22H24N4O3S. The highest BCUT2D eigenvalue weighted by atomic mass is 32.2. The first-order valence-corrected chi connectivity index (χ1v) is 11.5. The minimum Gasteiger partial charge on any atom is -0.268 e. The normalized spacial score (nSPS) is 16.0. The molecule has 1 aliphatic rings. The van der Waals surface area contributed by atoms with E-state index in [1.54, 1.807) is 45.7 Å². The minimum atomic E-state index is -3.47. The van der Waals surface area contributed by atoms with E-state index in [2.05, 4.69) is 10.4 Å². The van der Waals surface area contributed by atoms with E-state index in [0.29, 0.717) is 13.1 Å². The van der Waals surface area contributed by atoms with Crippen LogP contribution in [0.2, 0.25) is 0 Å². The second-order valence-electron chi connectivity index (χ2n) is 7.30. The lowest BCUT2D eigenvalue weighted by atomic mass is 10.2.